The van der Waals surface area contributed by atoms with Crippen molar-refractivity contribution in [1.29, 1.82) is 0 Å². The van der Waals surface area contributed by atoms with E-state index in [0.29, 0.717) is 0 Å². The molecule has 0 N–H and O–H groups in total. The second-order valence-corrected chi connectivity index (χ2v) is 7.49. The number of hydrogen-bond acceptors (Lipinski definition) is 2. The zero-order valence-electron chi connectivity index (χ0n) is 16.5. The van der Waals surface area contributed by atoms with E-state index in [4.69, 9.17) is 4.74 Å². The van der Waals surface area contributed by atoms with Crippen LogP contribution in [0.15, 0.2) is 60.8 Å². The summed E-state index contributed by atoms with van der Waals surface area (Å²) < 4.78 is 7.92. The first kappa shape index (κ1) is 17.9. The number of hydrogen-bond donors (Lipinski definition) is 0. The van der Waals surface area contributed by atoms with Gasteiger partial charge in [-0.3, -0.25) is 4.90 Å². The van der Waals surface area contributed by atoms with Crippen LogP contribution in [0.3, 0.4) is 0 Å². The van der Waals surface area contributed by atoms with Gasteiger partial charge in [0.05, 0.1) is 13.2 Å². The topological polar surface area (TPSA) is 17.4 Å². The van der Waals surface area contributed by atoms with Gasteiger partial charge in [0, 0.05) is 31.5 Å². The van der Waals surface area contributed by atoms with Gasteiger partial charge < -0.3 is 9.30 Å². The molecule has 2 aromatic carbocycles. The van der Waals surface area contributed by atoms with Crippen LogP contribution >= 0.6 is 0 Å². The smallest absolute Gasteiger partial charge is 0.119 e. The number of aryl methyl sites for hydroxylation is 2. The fraction of sp³-hybridized carbons (Fsp3) is 0.333. The first-order valence-electron chi connectivity index (χ1n) is 9.75. The average molecular weight is 361 g/mol. The molecule has 1 aromatic heterocycles. The van der Waals surface area contributed by atoms with Gasteiger partial charge in [0.25, 0.3) is 0 Å². The van der Waals surface area contributed by atoms with Crippen molar-refractivity contribution in [2.75, 3.05) is 13.7 Å². The molecule has 0 aliphatic carbocycles. The van der Waals surface area contributed by atoms with E-state index >= 15 is 0 Å². The third-order valence-electron chi connectivity index (χ3n) is 5.85. The highest BCUT2D eigenvalue weighted by atomic mass is 16.5. The zero-order valence-corrected chi connectivity index (χ0v) is 16.5. The number of nitrogens with zero attached hydrogens (tertiary/aromatic N) is 2. The Labute approximate surface area is 162 Å². The molecule has 140 valence electrons. The van der Waals surface area contributed by atoms with Gasteiger partial charge in [-0.25, -0.2) is 0 Å². The summed E-state index contributed by atoms with van der Waals surface area (Å²) in [6.45, 7) is 7.56. The maximum atomic E-state index is 5.51. The fourth-order valence-corrected chi connectivity index (χ4v) is 4.20. The Morgan fingerprint density at radius 1 is 1.00 bits per heavy atom. The minimum atomic E-state index is 0.234. The molecular weight excluding hydrogens is 332 g/mol. The summed E-state index contributed by atoms with van der Waals surface area (Å²) in [5.41, 5.74) is 6.85. The molecule has 3 heteroatoms. The lowest BCUT2D eigenvalue weighted by Crippen LogP contribution is -2.29. The highest BCUT2D eigenvalue weighted by Gasteiger charge is 2.28. The van der Waals surface area contributed by atoms with Crippen molar-refractivity contribution < 1.29 is 4.74 Å². The predicted octanol–water partition coefficient (Wildman–Crippen LogP) is 5.11. The molecule has 0 saturated heterocycles. The van der Waals surface area contributed by atoms with Gasteiger partial charge in [-0.05, 0) is 66.8 Å². The minimum Gasteiger partial charge on any atom is -0.497 e. The predicted molar refractivity (Wildman–Crippen MR) is 110 cm³/mol. The van der Waals surface area contributed by atoms with Crippen LogP contribution in [0.2, 0.25) is 0 Å². The molecule has 0 amide bonds. The van der Waals surface area contributed by atoms with Crippen molar-refractivity contribution in [3.05, 3.63) is 88.7 Å². The van der Waals surface area contributed by atoms with Gasteiger partial charge in [-0.1, -0.05) is 30.3 Å². The van der Waals surface area contributed by atoms with E-state index in [1.54, 1.807) is 7.11 Å². The Balaban J connectivity index is 1.77. The molecule has 4 rings (SSSR count). The van der Waals surface area contributed by atoms with Crippen molar-refractivity contribution in [2.45, 2.75) is 39.4 Å². The molecule has 0 fully saturated rings. The summed E-state index contributed by atoms with van der Waals surface area (Å²) >= 11 is 0. The normalized spacial score (nSPS) is 17.4. The number of methoxy groups -OCH3 is 1. The molecule has 2 heterocycles. The first-order chi connectivity index (χ1) is 13.2. The first-order valence-corrected chi connectivity index (χ1v) is 9.75. The molecule has 0 spiro atoms. The zero-order chi connectivity index (χ0) is 18.8. The quantitative estimate of drug-likeness (QED) is 0.643. The van der Waals surface area contributed by atoms with Crippen LogP contribution in [-0.2, 0) is 13.1 Å². The summed E-state index contributed by atoms with van der Waals surface area (Å²) in [7, 11) is 1.74. The van der Waals surface area contributed by atoms with E-state index < -0.39 is 0 Å². The number of aromatic nitrogens is 1. The van der Waals surface area contributed by atoms with Gasteiger partial charge in [0.15, 0.2) is 0 Å². The van der Waals surface area contributed by atoms with Crippen molar-refractivity contribution in [3.8, 4) is 5.75 Å². The second kappa shape index (κ2) is 7.61. The Morgan fingerprint density at radius 3 is 2.70 bits per heavy atom. The third kappa shape index (κ3) is 3.52. The van der Waals surface area contributed by atoms with E-state index in [-0.39, 0.29) is 6.04 Å². The Kier molecular flexibility index (Phi) is 5.04. The molecule has 0 saturated carbocycles. The summed E-state index contributed by atoms with van der Waals surface area (Å²) in [6.07, 6.45) is 3.37. The molecule has 1 aliphatic rings. The van der Waals surface area contributed by atoms with E-state index in [2.05, 4.69) is 78.0 Å². The van der Waals surface area contributed by atoms with Gasteiger partial charge in [0.2, 0.25) is 0 Å². The number of rotatable bonds is 4. The molecule has 3 nitrogen and oxygen atoms in total. The Bertz CT molecular complexity index is 928. The summed E-state index contributed by atoms with van der Waals surface area (Å²) in [5.74, 6) is 0.918. The molecule has 27 heavy (non-hydrogen) atoms. The number of benzene rings is 2. The van der Waals surface area contributed by atoms with Crippen LogP contribution in [0.1, 0.15) is 40.4 Å². The highest BCUT2D eigenvalue weighted by molar-refractivity contribution is 5.37. The summed E-state index contributed by atoms with van der Waals surface area (Å²) in [5, 5.41) is 0. The van der Waals surface area contributed by atoms with Crippen LogP contribution in [-0.4, -0.2) is 23.1 Å². The maximum absolute atomic E-state index is 5.51. The van der Waals surface area contributed by atoms with Gasteiger partial charge in [-0.15, -0.1) is 0 Å². The van der Waals surface area contributed by atoms with Crippen LogP contribution in [0.5, 0.6) is 5.75 Å². The van der Waals surface area contributed by atoms with E-state index in [1.165, 1.54) is 27.9 Å². The largest absolute Gasteiger partial charge is 0.497 e. The summed E-state index contributed by atoms with van der Waals surface area (Å²) in [6, 6.07) is 19.9. The number of ether oxygens (including phenoxy) is 1. The lowest BCUT2D eigenvalue weighted by atomic mass is 9.98. The van der Waals surface area contributed by atoms with Crippen LogP contribution in [0.25, 0.3) is 0 Å². The van der Waals surface area contributed by atoms with Gasteiger partial charge >= 0.3 is 0 Å². The SMILES string of the molecule is COc1cccc(C2c3cccn3CCCN2Cc2cccc(C)c2C)c1. The van der Waals surface area contributed by atoms with Crippen LogP contribution < -0.4 is 4.74 Å². The fourth-order valence-electron chi connectivity index (χ4n) is 4.20. The second-order valence-electron chi connectivity index (χ2n) is 7.49. The van der Waals surface area contributed by atoms with Gasteiger partial charge in [-0.2, -0.15) is 0 Å². The lowest BCUT2D eigenvalue weighted by molar-refractivity contribution is 0.219. The molecule has 1 aliphatic heterocycles. The molecule has 0 radical (unpaired) electrons. The molecular formula is C24H28N2O. The summed E-state index contributed by atoms with van der Waals surface area (Å²) in [4.78, 5) is 2.62. The molecule has 1 unspecified atom stereocenters. The van der Waals surface area contributed by atoms with Crippen LogP contribution in [0, 0.1) is 13.8 Å². The average Bonchev–Trinajstić information content (AvgIpc) is 3.07. The molecule has 1 atom stereocenters. The van der Waals surface area contributed by atoms with E-state index in [0.717, 1.165) is 31.8 Å². The minimum absolute atomic E-state index is 0.234. The third-order valence-corrected chi connectivity index (χ3v) is 5.85. The molecule has 3 aromatic rings. The van der Waals surface area contributed by atoms with Gasteiger partial charge in [0.1, 0.15) is 5.75 Å². The van der Waals surface area contributed by atoms with Crippen molar-refractivity contribution in [2.24, 2.45) is 0 Å². The Morgan fingerprint density at radius 2 is 1.85 bits per heavy atom. The van der Waals surface area contributed by atoms with Crippen molar-refractivity contribution in [3.63, 3.8) is 0 Å². The van der Waals surface area contributed by atoms with E-state index in [9.17, 15) is 0 Å². The molecule has 0 bridgehead atoms. The number of fused-ring (bicyclic) bond motifs is 1. The highest BCUT2D eigenvalue weighted by Crippen LogP contribution is 2.34. The standard InChI is InChI=1S/C24H28N2O/c1-18-8-4-10-21(19(18)2)17-26-15-7-14-25-13-6-12-23(25)24(26)20-9-5-11-22(16-20)27-3/h4-6,8-13,16,24H,7,14-15,17H2,1-3H3. The van der Waals surface area contributed by atoms with E-state index in [1.807, 2.05) is 6.07 Å². The van der Waals surface area contributed by atoms with Crippen LogP contribution in [0.4, 0.5) is 0 Å². The lowest BCUT2D eigenvalue weighted by Gasteiger charge is -2.31. The Hall–Kier alpha value is -2.52. The van der Waals surface area contributed by atoms with Crippen molar-refractivity contribution >= 4 is 0 Å². The van der Waals surface area contributed by atoms with Crippen molar-refractivity contribution in [1.82, 2.24) is 9.47 Å². The maximum Gasteiger partial charge on any atom is 0.119 e. The monoisotopic (exact) mass is 360 g/mol.